The molecule has 2 rings (SSSR count). The second-order valence-electron chi connectivity index (χ2n) is 8.47. The van der Waals surface area contributed by atoms with E-state index < -0.39 is 5.60 Å². The van der Waals surface area contributed by atoms with Crippen molar-refractivity contribution in [2.24, 2.45) is 5.92 Å². The van der Waals surface area contributed by atoms with Crippen LogP contribution in [0.25, 0.3) is 0 Å². The topological polar surface area (TPSA) is 70.1 Å². The Labute approximate surface area is 178 Å². The van der Waals surface area contributed by atoms with E-state index in [-0.39, 0.29) is 35.0 Å². The van der Waals surface area contributed by atoms with E-state index in [1.165, 1.54) is 0 Å². The average Bonchev–Trinajstić information content (AvgIpc) is 3.11. The molecule has 0 radical (unpaired) electrons. The maximum Gasteiger partial charge on any atom is 0.410 e. The predicted octanol–water partition coefficient (Wildman–Crippen LogP) is 4.51. The number of likely N-dealkylation sites (tertiary alicyclic amines) is 1. The van der Waals surface area contributed by atoms with Gasteiger partial charge in [0.1, 0.15) is 11.4 Å². The molecule has 7 heteroatoms. The largest absolute Gasteiger partial charge is 0.508 e. The molecule has 1 aromatic rings. The highest BCUT2D eigenvalue weighted by Gasteiger charge is 2.41. The Morgan fingerprint density at radius 2 is 2.07 bits per heavy atom. The summed E-state index contributed by atoms with van der Waals surface area (Å²) < 4.78 is 5.59. The van der Waals surface area contributed by atoms with Gasteiger partial charge in [-0.15, -0.1) is 0 Å². The number of hydrogen-bond acceptors (Lipinski definition) is 5. The maximum atomic E-state index is 13.3. The molecule has 3 unspecified atom stereocenters. The second kappa shape index (κ2) is 9.74. The van der Waals surface area contributed by atoms with Crippen molar-refractivity contribution >= 4 is 29.4 Å². The average molecular weight is 423 g/mol. The SMILES string of the molecule is CCN(C(=O)C(C)C(SC)C1CCCN1C(=O)OC(C)(C)C)c1cccc(O)c1. The fraction of sp³-hybridized carbons (Fsp3) is 0.636. The van der Waals surface area contributed by atoms with Crippen molar-refractivity contribution in [3.63, 3.8) is 0 Å². The number of benzene rings is 1. The summed E-state index contributed by atoms with van der Waals surface area (Å²) in [5.41, 5.74) is 0.133. The fourth-order valence-corrected chi connectivity index (χ4v) is 5.01. The van der Waals surface area contributed by atoms with Gasteiger partial charge in [-0.2, -0.15) is 11.8 Å². The highest BCUT2D eigenvalue weighted by atomic mass is 32.2. The molecule has 1 aromatic carbocycles. The van der Waals surface area contributed by atoms with Gasteiger partial charge >= 0.3 is 6.09 Å². The van der Waals surface area contributed by atoms with Crippen LogP contribution >= 0.6 is 11.8 Å². The fourth-order valence-electron chi connectivity index (χ4n) is 3.89. The molecule has 0 spiro atoms. The van der Waals surface area contributed by atoms with Crippen LogP contribution in [0, 0.1) is 5.92 Å². The van der Waals surface area contributed by atoms with Crippen molar-refractivity contribution in [3.05, 3.63) is 24.3 Å². The van der Waals surface area contributed by atoms with Crippen LogP contribution in [0.2, 0.25) is 0 Å². The summed E-state index contributed by atoms with van der Waals surface area (Å²) in [7, 11) is 0. The third kappa shape index (κ3) is 5.81. The third-order valence-electron chi connectivity index (χ3n) is 5.18. The summed E-state index contributed by atoms with van der Waals surface area (Å²) in [6.07, 6.45) is 3.45. The Balaban J connectivity index is 2.20. The molecule has 162 valence electrons. The van der Waals surface area contributed by atoms with Crippen molar-refractivity contribution < 1.29 is 19.4 Å². The van der Waals surface area contributed by atoms with Crippen molar-refractivity contribution in [2.45, 2.75) is 64.4 Å². The summed E-state index contributed by atoms with van der Waals surface area (Å²) in [5.74, 6) is -0.163. The van der Waals surface area contributed by atoms with Crippen LogP contribution < -0.4 is 4.90 Å². The van der Waals surface area contributed by atoms with Crippen LogP contribution in [0.15, 0.2) is 24.3 Å². The first kappa shape index (κ1) is 23.4. The summed E-state index contributed by atoms with van der Waals surface area (Å²) in [6, 6.07) is 6.71. The quantitative estimate of drug-likeness (QED) is 0.730. The minimum absolute atomic E-state index is 0.00603. The van der Waals surface area contributed by atoms with Crippen LogP contribution in [-0.2, 0) is 9.53 Å². The number of carbonyl (C=O) groups is 2. The number of amides is 2. The molecular formula is C22H34N2O4S. The van der Waals surface area contributed by atoms with E-state index in [4.69, 9.17) is 4.74 Å². The molecule has 29 heavy (non-hydrogen) atoms. The summed E-state index contributed by atoms with van der Waals surface area (Å²) in [5, 5.41) is 9.76. The lowest BCUT2D eigenvalue weighted by Gasteiger charge is -2.36. The van der Waals surface area contributed by atoms with Crippen LogP contribution in [0.5, 0.6) is 5.75 Å². The molecule has 0 bridgehead atoms. The highest BCUT2D eigenvalue weighted by molar-refractivity contribution is 7.99. The Hall–Kier alpha value is -1.89. The molecule has 1 N–H and O–H groups in total. The van der Waals surface area contributed by atoms with E-state index in [9.17, 15) is 14.7 Å². The van der Waals surface area contributed by atoms with Crippen LogP contribution in [0.4, 0.5) is 10.5 Å². The van der Waals surface area contributed by atoms with Gasteiger partial charge in [0, 0.05) is 42.1 Å². The molecule has 1 aliphatic heterocycles. The Kier molecular flexibility index (Phi) is 7.86. The molecule has 0 saturated carbocycles. The minimum atomic E-state index is -0.547. The van der Waals surface area contributed by atoms with E-state index in [0.717, 1.165) is 12.8 Å². The standard InChI is InChI=1S/C22H34N2O4S/c1-7-23(16-10-8-11-17(25)14-16)20(26)15(2)19(29-6)18-12-9-13-24(18)21(27)28-22(3,4)5/h8,10-11,14-15,18-19,25H,7,9,12-13H2,1-6H3. The van der Waals surface area contributed by atoms with Crippen molar-refractivity contribution in [2.75, 3.05) is 24.2 Å². The first-order valence-corrected chi connectivity index (χ1v) is 11.5. The molecule has 1 heterocycles. The van der Waals surface area contributed by atoms with Crippen LogP contribution in [0.3, 0.4) is 0 Å². The Morgan fingerprint density at radius 1 is 1.38 bits per heavy atom. The number of phenols is 1. The van der Waals surface area contributed by atoms with Gasteiger partial charge in [0.25, 0.3) is 0 Å². The monoisotopic (exact) mass is 422 g/mol. The third-order valence-corrected chi connectivity index (χ3v) is 6.45. The van der Waals surface area contributed by atoms with Crippen LogP contribution in [0.1, 0.15) is 47.5 Å². The molecular weight excluding hydrogens is 388 g/mol. The molecule has 1 aliphatic rings. The predicted molar refractivity (Wildman–Crippen MR) is 119 cm³/mol. The zero-order valence-corrected chi connectivity index (χ0v) is 19.2. The zero-order chi connectivity index (χ0) is 21.8. The minimum Gasteiger partial charge on any atom is -0.508 e. The molecule has 1 fully saturated rings. The molecule has 6 nitrogen and oxygen atoms in total. The van der Waals surface area contributed by atoms with Gasteiger partial charge in [0.2, 0.25) is 5.91 Å². The second-order valence-corrected chi connectivity index (χ2v) is 9.49. The molecule has 0 aliphatic carbocycles. The molecule has 3 atom stereocenters. The van der Waals surface area contributed by atoms with E-state index in [1.807, 2.05) is 46.9 Å². The van der Waals surface area contributed by atoms with Gasteiger partial charge in [-0.25, -0.2) is 4.79 Å². The maximum absolute atomic E-state index is 13.3. The normalized spacial score (nSPS) is 19.0. The number of thioether (sulfide) groups is 1. The first-order valence-electron chi connectivity index (χ1n) is 10.2. The molecule has 0 aromatic heterocycles. The van der Waals surface area contributed by atoms with Crippen molar-refractivity contribution in [1.82, 2.24) is 4.90 Å². The lowest BCUT2D eigenvalue weighted by molar-refractivity contribution is -0.122. The van der Waals surface area contributed by atoms with Crippen molar-refractivity contribution in [1.29, 1.82) is 0 Å². The van der Waals surface area contributed by atoms with Crippen LogP contribution in [-0.4, -0.2) is 58.2 Å². The first-order chi connectivity index (χ1) is 13.6. The van der Waals surface area contributed by atoms with Gasteiger partial charge in [0.15, 0.2) is 0 Å². The zero-order valence-electron chi connectivity index (χ0n) is 18.3. The van der Waals surface area contributed by atoms with Gasteiger partial charge in [-0.05, 0) is 58.9 Å². The number of rotatable bonds is 6. The van der Waals surface area contributed by atoms with E-state index in [0.29, 0.717) is 18.8 Å². The lowest BCUT2D eigenvalue weighted by atomic mass is 9.97. The Morgan fingerprint density at radius 3 is 2.62 bits per heavy atom. The molecule has 2 amide bonds. The van der Waals surface area contributed by atoms with Gasteiger partial charge in [0.05, 0.1) is 0 Å². The van der Waals surface area contributed by atoms with E-state index >= 15 is 0 Å². The number of anilines is 1. The van der Waals surface area contributed by atoms with Gasteiger partial charge in [-0.3, -0.25) is 4.79 Å². The van der Waals surface area contributed by atoms with Crippen molar-refractivity contribution in [3.8, 4) is 5.75 Å². The number of aromatic hydroxyl groups is 1. The van der Waals surface area contributed by atoms with E-state index in [2.05, 4.69) is 0 Å². The smallest absolute Gasteiger partial charge is 0.410 e. The van der Waals surface area contributed by atoms with Gasteiger partial charge < -0.3 is 19.6 Å². The summed E-state index contributed by atoms with van der Waals surface area (Å²) in [4.78, 5) is 29.5. The number of phenolic OH excluding ortho intramolecular Hbond substituents is 1. The lowest BCUT2D eigenvalue weighted by Crippen LogP contribution is -2.49. The number of hydrogen-bond donors (Lipinski definition) is 1. The number of carbonyl (C=O) groups excluding carboxylic acids is 2. The van der Waals surface area contributed by atoms with Gasteiger partial charge in [-0.1, -0.05) is 13.0 Å². The molecule has 1 saturated heterocycles. The van der Waals surface area contributed by atoms with E-state index in [1.54, 1.807) is 39.8 Å². The summed E-state index contributed by atoms with van der Waals surface area (Å²) in [6.45, 7) is 10.6. The number of ether oxygens (including phenoxy) is 1. The number of nitrogens with zero attached hydrogens (tertiary/aromatic N) is 2. The summed E-state index contributed by atoms with van der Waals surface area (Å²) >= 11 is 1.62. The highest BCUT2D eigenvalue weighted by Crippen LogP contribution is 2.34. The Bertz CT molecular complexity index is 719.